The van der Waals surface area contributed by atoms with E-state index >= 15 is 0 Å². The topological polar surface area (TPSA) is 58.6 Å². The van der Waals surface area contributed by atoms with E-state index in [-0.39, 0.29) is 30.9 Å². The maximum Gasteiger partial charge on any atom is 0.261 e. The van der Waals surface area contributed by atoms with Crippen molar-refractivity contribution in [2.75, 3.05) is 6.61 Å². The van der Waals surface area contributed by atoms with Gasteiger partial charge in [-0.05, 0) is 62.2 Å². The number of halogens is 2. The molecular weight excluding hydrogens is 378 g/mol. The minimum absolute atomic E-state index is 0.0248. The van der Waals surface area contributed by atoms with Gasteiger partial charge in [-0.25, -0.2) is 8.78 Å². The molecular formula is C22H26F2N2O3. The SMILES string of the molecule is CC[C@@H](C)NC(=O)[C@@H](C)N(Cc1ccc(F)cc1)C(=O)COc1ccc(F)cc1. The quantitative estimate of drug-likeness (QED) is 0.694. The van der Waals surface area contributed by atoms with Crippen LogP contribution in [0.2, 0.25) is 0 Å². The van der Waals surface area contributed by atoms with Crippen molar-refractivity contribution in [3.05, 3.63) is 65.7 Å². The van der Waals surface area contributed by atoms with Crippen LogP contribution < -0.4 is 10.1 Å². The van der Waals surface area contributed by atoms with Crippen LogP contribution >= 0.6 is 0 Å². The van der Waals surface area contributed by atoms with Gasteiger partial charge < -0.3 is 15.0 Å². The van der Waals surface area contributed by atoms with Crippen LogP contribution in [-0.2, 0) is 16.1 Å². The van der Waals surface area contributed by atoms with E-state index in [0.29, 0.717) is 11.3 Å². The van der Waals surface area contributed by atoms with Crippen molar-refractivity contribution >= 4 is 11.8 Å². The average Bonchev–Trinajstić information content (AvgIpc) is 2.72. The molecule has 0 saturated carbocycles. The van der Waals surface area contributed by atoms with Crippen molar-refractivity contribution in [1.82, 2.24) is 10.2 Å². The number of hydrogen-bond acceptors (Lipinski definition) is 3. The summed E-state index contributed by atoms with van der Waals surface area (Å²) in [6.07, 6.45) is 0.762. The molecule has 0 aliphatic heterocycles. The van der Waals surface area contributed by atoms with E-state index in [1.807, 2.05) is 13.8 Å². The van der Waals surface area contributed by atoms with E-state index < -0.39 is 17.8 Å². The highest BCUT2D eigenvalue weighted by Crippen LogP contribution is 2.14. The van der Waals surface area contributed by atoms with Gasteiger partial charge in [0.1, 0.15) is 23.4 Å². The Morgan fingerprint density at radius 3 is 2.10 bits per heavy atom. The van der Waals surface area contributed by atoms with E-state index in [9.17, 15) is 18.4 Å². The number of nitrogens with one attached hydrogen (secondary N) is 1. The lowest BCUT2D eigenvalue weighted by Gasteiger charge is -2.29. The maximum absolute atomic E-state index is 13.2. The maximum atomic E-state index is 13.2. The second-order valence-electron chi connectivity index (χ2n) is 6.88. The van der Waals surface area contributed by atoms with Gasteiger partial charge in [0.25, 0.3) is 5.91 Å². The molecule has 0 unspecified atom stereocenters. The molecule has 7 heteroatoms. The molecule has 0 saturated heterocycles. The summed E-state index contributed by atoms with van der Waals surface area (Å²) < 4.78 is 31.7. The third-order valence-corrected chi connectivity index (χ3v) is 4.61. The molecule has 0 aliphatic rings. The predicted molar refractivity (Wildman–Crippen MR) is 106 cm³/mol. The first-order chi connectivity index (χ1) is 13.8. The van der Waals surface area contributed by atoms with Crippen molar-refractivity contribution in [1.29, 1.82) is 0 Å². The van der Waals surface area contributed by atoms with Gasteiger partial charge in [0.2, 0.25) is 5.91 Å². The van der Waals surface area contributed by atoms with Crippen LogP contribution in [0.3, 0.4) is 0 Å². The highest BCUT2D eigenvalue weighted by Gasteiger charge is 2.27. The van der Waals surface area contributed by atoms with Crippen molar-refractivity contribution in [3.63, 3.8) is 0 Å². The molecule has 2 aromatic rings. The molecule has 2 amide bonds. The molecule has 5 nitrogen and oxygen atoms in total. The van der Waals surface area contributed by atoms with E-state index in [1.54, 1.807) is 19.1 Å². The fourth-order valence-electron chi connectivity index (χ4n) is 2.59. The van der Waals surface area contributed by atoms with Gasteiger partial charge >= 0.3 is 0 Å². The van der Waals surface area contributed by atoms with Crippen molar-refractivity contribution in [2.45, 2.75) is 45.8 Å². The monoisotopic (exact) mass is 404 g/mol. The molecule has 2 atom stereocenters. The molecule has 0 aliphatic carbocycles. The molecule has 0 fully saturated rings. The number of nitrogens with zero attached hydrogens (tertiary/aromatic N) is 1. The predicted octanol–water partition coefficient (Wildman–Crippen LogP) is 3.68. The van der Waals surface area contributed by atoms with Crippen molar-refractivity contribution in [2.24, 2.45) is 0 Å². The van der Waals surface area contributed by atoms with Crippen LogP contribution in [0, 0.1) is 11.6 Å². The van der Waals surface area contributed by atoms with E-state index in [1.165, 1.54) is 41.3 Å². The second-order valence-corrected chi connectivity index (χ2v) is 6.88. The summed E-state index contributed by atoms with van der Waals surface area (Å²) in [5.41, 5.74) is 0.685. The van der Waals surface area contributed by atoms with Gasteiger partial charge in [0.15, 0.2) is 6.61 Å². The first-order valence-corrected chi connectivity index (χ1v) is 9.52. The normalized spacial score (nSPS) is 12.7. The lowest BCUT2D eigenvalue weighted by Crippen LogP contribution is -2.50. The smallest absolute Gasteiger partial charge is 0.261 e. The zero-order valence-electron chi connectivity index (χ0n) is 16.8. The van der Waals surface area contributed by atoms with Crippen LogP contribution in [0.1, 0.15) is 32.8 Å². The highest BCUT2D eigenvalue weighted by molar-refractivity contribution is 5.88. The fraction of sp³-hybridized carbons (Fsp3) is 0.364. The lowest BCUT2D eigenvalue weighted by atomic mass is 10.1. The van der Waals surface area contributed by atoms with Crippen LogP contribution in [-0.4, -0.2) is 35.4 Å². The van der Waals surface area contributed by atoms with E-state index in [2.05, 4.69) is 5.32 Å². The molecule has 0 bridgehead atoms. The number of carbonyl (C=O) groups is 2. The Kier molecular flexibility index (Phi) is 8.12. The van der Waals surface area contributed by atoms with Crippen molar-refractivity contribution in [3.8, 4) is 5.75 Å². The number of rotatable bonds is 9. The molecule has 0 radical (unpaired) electrons. The Morgan fingerprint density at radius 1 is 1.00 bits per heavy atom. The Labute approximate surface area is 169 Å². The summed E-state index contributed by atoms with van der Waals surface area (Å²) in [6.45, 7) is 5.29. The molecule has 2 rings (SSSR count). The van der Waals surface area contributed by atoms with Gasteiger partial charge in [-0.15, -0.1) is 0 Å². The number of hydrogen-bond donors (Lipinski definition) is 1. The zero-order chi connectivity index (χ0) is 21.4. The molecule has 156 valence electrons. The van der Waals surface area contributed by atoms with Crippen LogP contribution in [0.25, 0.3) is 0 Å². The molecule has 29 heavy (non-hydrogen) atoms. The number of ether oxygens (including phenoxy) is 1. The van der Waals surface area contributed by atoms with Gasteiger partial charge in [0, 0.05) is 12.6 Å². The summed E-state index contributed by atoms with van der Waals surface area (Å²) in [5.74, 6) is -1.13. The third kappa shape index (κ3) is 6.85. The van der Waals surface area contributed by atoms with Gasteiger partial charge in [-0.2, -0.15) is 0 Å². The molecule has 0 spiro atoms. The minimum atomic E-state index is -0.752. The molecule has 1 N–H and O–H groups in total. The Hall–Kier alpha value is -2.96. The summed E-state index contributed by atoms with van der Waals surface area (Å²) in [6, 6.07) is 10.3. The number of benzene rings is 2. The third-order valence-electron chi connectivity index (χ3n) is 4.61. The van der Waals surface area contributed by atoms with Gasteiger partial charge in [0.05, 0.1) is 0 Å². The first kappa shape index (κ1) is 22.3. The standard InChI is InChI=1S/C22H26F2N2O3/c1-4-15(2)25-22(28)16(3)26(13-17-5-7-18(23)8-6-17)21(27)14-29-20-11-9-19(24)10-12-20/h5-12,15-16H,4,13-14H2,1-3H3,(H,25,28)/t15-,16-/m1/s1. The van der Waals surface area contributed by atoms with Crippen LogP contribution in [0.5, 0.6) is 5.75 Å². The second kappa shape index (κ2) is 10.5. The summed E-state index contributed by atoms with van der Waals surface area (Å²) >= 11 is 0. The van der Waals surface area contributed by atoms with Crippen LogP contribution in [0.4, 0.5) is 8.78 Å². The summed E-state index contributed by atoms with van der Waals surface area (Å²) in [7, 11) is 0. The fourth-order valence-corrected chi connectivity index (χ4v) is 2.59. The van der Waals surface area contributed by atoms with Crippen LogP contribution in [0.15, 0.2) is 48.5 Å². The molecule has 0 heterocycles. The first-order valence-electron chi connectivity index (χ1n) is 9.52. The van der Waals surface area contributed by atoms with E-state index in [4.69, 9.17) is 4.74 Å². The average molecular weight is 404 g/mol. The van der Waals surface area contributed by atoms with Gasteiger partial charge in [-0.1, -0.05) is 19.1 Å². The summed E-state index contributed by atoms with van der Waals surface area (Å²) in [5, 5.41) is 2.86. The highest BCUT2D eigenvalue weighted by atomic mass is 19.1. The number of carbonyl (C=O) groups excluding carboxylic acids is 2. The molecule has 2 aromatic carbocycles. The summed E-state index contributed by atoms with van der Waals surface area (Å²) in [4.78, 5) is 26.8. The largest absolute Gasteiger partial charge is 0.484 e. The Morgan fingerprint density at radius 2 is 1.55 bits per heavy atom. The van der Waals surface area contributed by atoms with Gasteiger partial charge in [-0.3, -0.25) is 9.59 Å². The number of amides is 2. The lowest BCUT2D eigenvalue weighted by molar-refractivity contribution is -0.142. The molecule has 0 aromatic heterocycles. The van der Waals surface area contributed by atoms with E-state index in [0.717, 1.165) is 6.42 Å². The Balaban J connectivity index is 2.13. The van der Waals surface area contributed by atoms with Crippen molar-refractivity contribution < 1.29 is 23.1 Å². The zero-order valence-corrected chi connectivity index (χ0v) is 16.8. The Bertz CT molecular complexity index is 810. The minimum Gasteiger partial charge on any atom is -0.484 e.